The van der Waals surface area contributed by atoms with Gasteiger partial charge in [-0.2, -0.15) is 4.31 Å². The van der Waals surface area contributed by atoms with Crippen molar-refractivity contribution in [2.45, 2.75) is 43.5 Å². The molecule has 7 nitrogen and oxygen atoms in total. The van der Waals surface area contributed by atoms with Gasteiger partial charge in [0.15, 0.2) is 6.04 Å². The van der Waals surface area contributed by atoms with Crippen LogP contribution in [0.15, 0.2) is 29.2 Å². The predicted octanol–water partition coefficient (Wildman–Crippen LogP) is 0.493. The third kappa shape index (κ3) is 5.07. The van der Waals surface area contributed by atoms with E-state index in [1.165, 1.54) is 22.0 Å². The van der Waals surface area contributed by atoms with E-state index < -0.39 is 10.0 Å². The zero-order chi connectivity index (χ0) is 19.3. The van der Waals surface area contributed by atoms with Gasteiger partial charge in [0.1, 0.15) is 0 Å². The summed E-state index contributed by atoms with van der Waals surface area (Å²) < 4.78 is 32.3. The summed E-state index contributed by atoms with van der Waals surface area (Å²) in [6, 6.07) is 6.38. The Kier molecular flexibility index (Phi) is 6.86. The first kappa shape index (κ1) is 20.3. The Morgan fingerprint density at radius 1 is 1.15 bits per heavy atom. The van der Waals surface area contributed by atoms with Gasteiger partial charge in [-0.3, -0.25) is 4.79 Å². The van der Waals surface area contributed by atoms with Gasteiger partial charge in [0.2, 0.25) is 10.0 Å². The van der Waals surface area contributed by atoms with Crippen LogP contribution < -0.4 is 10.2 Å². The number of ether oxygens (including phenoxy) is 1. The molecule has 1 aromatic carbocycles. The molecular formula is C19H30N3O4S+. The number of sulfonamides is 1. The molecule has 1 aromatic rings. The molecule has 0 spiro atoms. The highest BCUT2D eigenvalue weighted by Crippen LogP contribution is 2.20. The Balaban J connectivity index is 1.68. The van der Waals surface area contributed by atoms with Crippen LogP contribution in [-0.2, 0) is 19.6 Å². The van der Waals surface area contributed by atoms with Crippen molar-refractivity contribution in [2.24, 2.45) is 0 Å². The molecule has 8 heteroatoms. The normalized spacial score (nSPS) is 21.4. The van der Waals surface area contributed by atoms with E-state index in [2.05, 4.69) is 5.32 Å². The Morgan fingerprint density at radius 2 is 1.81 bits per heavy atom. The fourth-order valence-corrected chi connectivity index (χ4v) is 5.18. The Bertz CT molecular complexity index is 739. The number of anilines is 1. The summed E-state index contributed by atoms with van der Waals surface area (Å²) in [6.45, 7) is 5.50. The Labute approximate surface area is 161 Å². The number of likely N-dealkylation sites (tertiary alicyclic amines) is 1. The molecule has 0 saturated carbocycles. The lowest BCUT2D eigenvalue weighted by atomic mass is 10.2. The largest absolute Gasteiger partial charge is 0.379 e. The van der Waals surface area contributed by atoms with E-state index in [1.807, 2.05) is 6.92 Å². The van der Waals surface area contributed by atoms with Crippen molar-refractivity contribution in [3.05, 3.63) is 24.3 Å². The number of morpholine rings is 1. The van der Waals surface area contributed by atoms with Crippen molar-refractivity contribution >= 4 is 21.6 Å². The lowest BCUT2D eigenvalue weighted by molar-refractivity contribution is -0.913. The van der Waals surface area contributed by atoms with E-state index in [9.17, 15) is 13.2 Å². The molecule has 0 unspecified atom stereocenters. The van der Waals surface area contributed by atoms with E-state index in [0.29, 0.717) is 32.0 Å². The van der Waals surface area contributed by atoms with Crippen LogP contribution in [0, 0.1) is 0 Å². The standard InChI is InChI=1S/C19H29N3O4S/c1-16(21-9-4-2-3-5-10-21)19(23)20-17-7-6-8-18(15-17)27(24,25)22-11-13-26-14-12-22/h6-8,15-16H,2-5,9-14H2,1H3,(H,20,23)/p+1/t16-/m0/s1. The molecule has 0 radical (unpaired) electrons. The van der Waals surface area contributed by atoms with Gasteiger partial charge in [-0.05, 0) is 50.8 Å². The average molecular weight is 397 g/mol. The molecule has 2 heterocycles. The molecule has 2 N–H and O–H groups in total. The summed E-state index contributed by atoms with van der Waals surface area (Å²) in [5.74, 6) is -0.0622. The maximum atomic E-state index is 12.8. The number of hydrogen-bond donors (Lipinski definition) is 2. The number of carbonyl (C=O) groups is 1. The van der Waals surface area contributed by atoms with Gasteiger partial charge in [0.25, 0.3) is 5.91 Å². The second-order valence-electron chi connectivity index (χ2n) is 7.33. The summed E-state index contributed by atoms with van der Waals surface area (Å²) in [5, 5.41) is 2.91. The van der Waals surface area contributed by atoms with Crippen LogP contribution in [0.1, 0.15) is 32.6 Å². The van der Waals surface area contributed by atoms with E-state index in [0.717, 1.165) is 25.9 Å². The van der Waals surface area contributed by atoms with E-state index >= 15 is 0 Å². The van der Waals surface area contributed by atoms with Gasteiger partial charge in [0, 0.05) is 18.8 Å². The van der Waals surface area contributed by atoms with Gasteiger partial charge in [0.05, 0.1) is 31.2 Å². The van der Waals surface area contributed by atoms with Crippen molar-refractivity contribution in [3.63, 3.8) is 0 Å². The van der Waals surface area contributed by atoms with E-state index in [4.69, 9.17) is 4.74 Å². The van der Waals surface area contributed by atoms with Gasteiger partial charge < -0.3 is 15.0 Å². The highest BCUT2D eigenvalue weighted by molar-refractivity contribution is 7.89. The number of hydrogen-bond acceptors (Lipinski definition) is 4. The monoisotopic (exact) mass is 396 g/mol. The maximum Gasteiger partial charge on any atom is 0.282 e. The molecule has 0 aliphatic carbocycles. The highest BCUT2D eigenvalue weighted by atomic mass is 32.2. The van der Waals surface area contributed by atoms with Crippen LogP contribution in [0.25, 0.3) is 0 Å². The molecule has 1 amide bonds. The first-order valence-electron chi connectivity index (χ1n) is 9.82. The molecule has 0 aromatic heterocycles. The lowest BCUT2D eigenvalue weighted by Crippen LogP contribution is -3.16. The summed E-state index contributed by atoms with van der Waals surface area (Å²) >= 11 is 0. The van der Waals surface area contributed by atoms with Gasteiger partial charge in [-0.1, -0.05) is 6.07 Å². The SMILES string of the molecule is C[C@@H](C(=O)Nc1cccc(S(=O)(=O)N2CCOCC2)c1)[NH+]1CCCCCC1. The van der Waals surface area contributed by atoms with Crippen molar-refractivity contribution in [3.8, 4) is 0 Å². The van der Waals surface area contributed by atoms with Crippen LogP contribution in [0.2, 0.25) is 0 Å². The molecule has 2 fully saturated rings. The van der Waals surface area contributed by atoms with Crippen LogP contribution in [0.4, 0.5) is 5.69 Å². The van der Waals surface area contributed by atoms with Gasteiger partial charge in [-0.15, -0.1) is 0 Å². The molecular weight excluding hydrogens is 366 g/mol. The number of nitrogens with one attached hydrogen (secondary N) is 2. The summed E-state index contributed by atoms with van der Waals surface area (Å²) in [5.41, 5.74) is 0.524. The number of amides is 1. The lowest BCUT2D eigenvalue weighted by Gasteiger charge is -2.26. The van der Waals surface area contributed by atoms with Crippen LogP contribution >= 0.6 is 0 Å². The predicted molar refractivity (Wildman–Crippen MR) is 103 cm³/mol. The smallest absolute Gasteiger partial charge is 0.282 e. The molecule has 2 aliphatic heterocycles. The highest BCUT2D eigenvalue weighted by Gasteiger charge is 2.28. The minimum atomic E-state index is -3.57. The van der Waals surface area contributed by atoms with Crippen molar-refractivity contribution in [2.75, 3.05) is 44.7 Å². The third-order valence-corrected chi connectivity index (χ3v) is 7.36. The quantitative estimate of drug-likeness (QED) is 0.759. The van der Waals surface area contributed by atoms with Gasteiger partial charge >= 0.3 is 0 Å². The number of quaternary nitrogens is 1. The van der Waals surface area contributed by atoms with Crippen LogP contribution in [0.5, 0.6) is 0 Å². The fraction of sp³-hybridized carbons (Fsp3) is 0.632. The molecule has 150 valence electrons. The summed E-state index contributed by atoms with van der Waals surface area (Å²) in [6.07, 6.45) is 4.78. The fourth-order valence-electron chi connectivity index (χ4n) is 3.72. The summed E-state index contributed by atoms with van der Waals surface area (Å²) in [4.78, 5) is 14.2. The van der Waals surface area contributed by atoms with Crippen LogP contribution in [0.3, 0.4) is 0 Å². The van der Waals surface area contributed by atoms with Crippen molar-refractivity contribution in [1.29, 1.82) is 0 Å². The number of nitrogens with zero attached hydrogens (tertiary/aromatic N) is 1. The zero-order valence-electron chi connectivity index (χ0n) is 15.9. The Hall–Kier alpha value is -1.48. The number of benzene rings is 1. The number of rotatable bonds is 5. The number of carbonyl (C=O) groups excluding carboxylic acids is 1. The van der Waals surface area contributed by atoms with E-state index in [-0.39, 0.29) is 16.8 Å². The average Bonchev–Trinajstić information content (AvgIpc) is 2.98. The molecule has 2 saturated heterocycles. The first-order valence-corrected chi connectivity index (χ1v) is 11.3. The maximum absolute atomic E-state index is 12.8. The van der Waals surface area contributed by atoms with Gasteiger partial charge in [-0.25, -0.2) is 8.42 Å². The molecule has 1 atom stereocenters. The minimum absolute atomic E-state index is 0.0622. The van der Waals surface area contributed by atoms with Crippen molar-refractivity contribution in [1.82, 2.24) is 4.31 Å². The third-order valence-electron chi connectivity index (χ3n) is 5.46. The zero-order valence-corrected chi connectivity index (χ0v) is 16.8. The first-order chi connectivity index (χ1) is 13.0. The second kappa shape index (κ2) is 9.14. The molecule has 2 aliphatic rings. The van der Waals surface area contributed by atoms with E-state index in [1.54, 1.807) is 24.3 Å². The minimum Gasteiger partial charge on any atom is -0.379 e. The van der Waals surface area contributed by atoms with Crippen molar-refractivity contribution < 1.29 is 22.8 Å². The molecule has 27 heavy (non-hydrogen) atoms. The molecule has 0 bridgehead atoms. The second-order valence-corrected chi connectivity index (χ2v) is 9.27. The van der Waals surface area contributed by atoms with Crippen LogP contribution in [-0.4, -0.2) is 64.1 Å². The Morgan fingerprint density at radius 3 is 2.48 bits per heavy atom. The molecule has 3 rings (SSSR count). The summed E-state index contributed by atoms with van der Waals surface area (Å²) in [7, 11) is -3.57. The topological polar surface area (TPSA) is 80.2 Å².